The van der Waals surface area contributed by atoms with Crippen LogP contribution in [0.25, 0.3) is 0 Å². The smallest absolute Gasteiger partial charge is 0.337 e. The summed E-state index contributed by atoms with van der Waals surface area (Å²) in [7, 11) is 1.30. The van der Waals surface area contributed by atoms with Crippen molar-refractivity contribution < 1.29 is 19.1 Å². The Bertz CT molecular complexity index is 755. The van der Waals surface area contributed by atoms with Gasteiger partial charge >= 0.3 is 5.97 Å². The van der Waals surface area contributed by atoms with Crippen LogP contribution in [0.2, 0.25) is 0 Å². The molecular weight excluding hydrogens is 328 g/mol. The molecule has 0 saturated carbocycles. The molecule has 0 spiro atoms. The van der Waals surface area contributed by atoms with Crippen LogP contribution in [0.1, 0.15) is 21.7 Å². The molecule has 7 heteroatoms. The van der Waals surface area contributed by atoms with E-state index in [1.54, 1.807) is 23.5 Å². The summed E-state index contributed by atoms with van der Waals surface area (Å²) in [6.45, 7) is 0.552. The molecule has 1 aliphatic rings. The molecule has 0 unspecified atom stereocenters. The summed E-state index contributed by atoms with van der Waals surface area (Å²) < 4.78 is 4.63. The van der Waals surface area contributed by atoms with Crippen molar-refractivity contribution in [3.05, 3.63) is 52.2 Å². The first-order chi connectivity index (χ1) is 11.6. The Morgan fingerprint density at radius 2 is 2.04 bits per heavy atom. The number of benzene rings is 1. The van der Waals surface area contributed by atoms with Crippen molar-refractivity contribution in [3.63, 3.8) is 0 Å². The molecule has 24 heavy (non-hydrogen) atoms. The molecule has 0 radical (unpaired) electrons. The van der Waals surface area contributed by atoms with Gasteiger partial charge in [-0.3, -0.25) is 9.59 Å². The average Bonchev–Trinajstić information content (AvgIpc) is 3.20. The highest BCUT2D eigenvalue weighted by molar-refractivity contribution is 7.09. The van der Waals surface area contributed by atoms with E-state index >= 15 is 0 Å². The number of esters is 1. The molecule has 1 aliphatic heterocycles. The monoisotopic (exact) mass is 344 g/mol. The minimum atomic E-state index is -0.528. The first-order valence-electron chi connectivity index (χ1n) is 7.41. The molecule has 2 amide bonds. The van der Waals surface area contributed by atoms with Crippen LogP contribution in [0.3, 0.4) is 0 Å². The van der Waals surface area contributed by atoms with E-state index in [-0.39, 0.29) is 18.2 Å². The number of imide groups is 1. The van der Waals surface area contributed by atoms with Crippen LogP contribution in [-0.4, -0.2) is 30.9 Å². The molecule has 0 bridgehead atoms. The Morgan fingerprint density at radius 3 is 2.67 bits per heavy atom. The molecular formula is C17H16N2O4S. The van der Waals surface area contributed by atoms with E-state index in [1.807, 2.05) is 17.5 Å². The number of carbonyl (C=O) groups is 3. The molecule has 0 aliphatic carbocycles. The molecule has 1 fully saturated rings. The third kappa shape index (κ3) is 3.22. The van der Waals surface area contributed by atoms with Gasteiger partial charge in [0, 0.05) is 11.4 Å². The van der Waals surface area contributed by atoms with Crippen LogP contribution in [0.4, 0.5) is 5.69 Å². The molecule has 124 valence electrons. The highest BCUT2D eigenvalue weighted by Crippen LogP contribution is 2.24. The zero-order chi connectivity index (χ0) is 17.1. The van der Waals surface area contributed by atoms with Gasteiger partial charge in [0.25, 0.3) is 5.91 Å². The second kappa shape index (κ2) is 6.94. The summed E-state index contributed by atoms with van der Waals surface area (Å²) in [5, 5.41) is 5.09. The number of thiophene rings is 1. The molecule has 1 N–H and O–H groups in total. The third-order valence-corrected chi connectivity index (χ3v) is 4.67. The fourth-order valence-corrected chi connectivity index (χ4v) is 3.22. The van der Waals surface area contributed by atoms with Crippen LogP contribution in [0.15, 0.2) is 41.8 Å². The lowest BCUT2D eigenvalue weighted by Gasteiger charge is -2.15. The first-order valence-corrected chi connectivity index (χ1v) is 8.29. The van der Waals surface area contributed by atoms with E-state index in [0.717, 1.165) is 9.78 Å². The number of ether oxygens (including phenoxy) is 1. The first kappa shape index (κ1) is 16.4. The zero-order valence-corrected chi connectivity index (χ0v) is 13.8. The maximum atomic E-state index is 12.5. The highest BCUT2D eigenvalue weighted by Gasteiger charge is 2.39. The van der Waals surface area contributed by atoms with Crippen molar-refractivity contribution in [2.24, 2.45) is 0 Å². The normalized spacial score (nSPS) is 17.4. The standard InChI is InChI=1S/C17H16N2O4S/c1-23-17(22)11-4-6-12(7-5-11)19-15(20)9-14(16(19)21)18-10-13-3-2-8-24-13/h2-8,14,18H,9-10H2,1H3/t14-/m0/s1. The summed E-state index contributed by atoms with van der Waals surface area (Å²) in [4.78, 5) is 38.4. The van der Waals surface area contributed by atoms with E-state index in [2.05, 4.69) is 10.1 Å². The molecule has 3 rings (SSSR count). The quantitative estimate of drug-likeness (QED) is 0.663. The Balaban J connectivity index is 1.70. The van der Waals surface area contributed by atoms with Crippen LogP contribution >= 0.6 is 11.3 Å². The second-order valence-corrected chi connectivity index (χ2v) is 6.36. The number of hydrogen-bond acceptors (Lipinski definition) is 6. The number of amides is 2. The molecule has 1 saturated heterocycles. The van der Waals surface area contributed by atoms with E-state index in [4.69, 9.17) is 0 Å². The predicted octanol–water partition coefficient (Wildman–Crippen LogP) is 1.96. The van der Waals surface area contributed by atoms with Crippen molar-refractivity contribution in [1.82, 2.24) is 5.32 Å². The van der Waals surface area contributed by atoms with E-state index < -0.39 is 12.0 Å². The fraction of sp³-hybridized carbons (Fsp3) is 0.235. The van der Waals surface area contributed by atoms with Gasteiger partial charge < -0.3 is 10.1 Å². The lowest BCUT2D eigenvalue weighted by Crippen LogP contribution is -2.38. The predicted molar refractivity (Wildman–Crippen MR) is 89.8 cm³/mol. The number of methoxy groups -OCH3 is 1. The summed E-state index contributed by atoms with van der Waals surface area (Å²) in [6, 6.07) is 9.61. The Hall–Kier alpha value is -2.51. The second-order valence-electron chi connectivity index (χ2n) is 5.32. The zero-order valence-electron chi connectivity index (χ0n) is 13.0. The summed E-state index contributed by atoms with van der Waals surface area (Å²) in [6.07, 6.45) is 0.128. The van der Waals surface area contributed by atoms with Gasteiger partial charge in [0.2, 0.25) is 5.91 Å². The average molecular weight is 344 g/mol. The number of carbonyl (C=O) groups excluding carboxylic acids is 3. The van der Waals surface area contributed by atoms with Crippen LogP contribution in [0.5, 0.6) is 0 Å². The fourth-order valence-electron chi connectivity index (χ4n) is 2.56. The number of rotatable bonds is 5. The van der Waals surface area contributed by atoms with E-state index in [9.17, 15) is 14.4 Å². The van der Waals surface area contributed by atoms with E-state index in [0.29, 0.717) is 17.8 Å². The van der Waals surface area contributed by atoms with Gasteiger partial charge in [-0.1, -0.05) is 6.07 Å². The summed E-state index contributed by atoms with van der Waals surface area (Å²) in [5.41, 5.74) is 0.825. The van der Waals surface area contributed by atoms with Gasteiger partial charge in [0.15, 0.2) is 0 Å². The van der Waals surface area contributed by atoms with Gasteiger partial charge in [-0.25, -0.2) is 9.69 Å². The minimum absolute atomic E-state index is 0.128. The molecule has 1 aromatic carbocycles. The van der Waals surface area contributed by atoms with Crippen molar-refractivity contribution in [2.45, 2.75) is 19.0 Å². The van der Waals surface area contributed by atoms with Crippen LogP contribution < -0.4 is 10.2 Å². The SMILES string of the molecule is COC(=O)c1ccc(N2C(=O)C[C@H](NCc3cccs3)C2=O)cc1. The van der Waals surface area contributed by atoms with Crippen LogP contribution in [0, 0.1) is 0 Å². The summed E-state index contributed by atoms with van der Waals surface area (Å²) in [5.74, 6) is -0.993. The maximum absolute atomic E-state index is 12.5. The largest absolute Gasteiger partial charge is 0.465 e. The number of anilines is 1. The van der Waals surface area contributed by atoms with Gasteiger partial charge in [-0.15, -0.1) is 11.3 Å². The molecule has 6 nitrogen and oxygen atoms in total. The van der Waals surface area contributed by atoms with Crippen molar-refractivity contribution >= 4 is 34.8 Å². The van der Waals surface area contributed by atoms with E-state index in [1.165, 1.54) is 19.2 Å². The van der Waals surface area contributed by atoms with Gasteiger partial charge in [0.05, 0.1) is 30.8 Å². The third-order valence-electron chi connectivity index (χ3n) is 3.80. The van der Waals surface area contributed by atoms with Crippen LogP contribution in [-0.2, 0) is 20.9 Å². The minimum Gasteiger partial charge on any atom is -0.465 e. The van der Waals surface area contributed by atoms with Crippen molar-refractivity contribution in [3.8, 4) is 0 Å². The Morgan fingerprint density at radius 1 is 1.29 bits per heavy atom. The van der Waals surface area contributed by atoms with Crippen molar-refractivity contribution in [2.75, 3.05) is 12.0 Å². The Kier molecular flexibility index (Phi) is 4.73. The van der Waals surface area contributed by atoms with Gasteiger partial charge in [0.1, 0.15) is 0 Å². The van der Waals surface area contributed by atoms with Gasteiger partial charge in [-0.2, -0.15) is 0 Å². The molecule has 2 heterocycles. The lowest BCUT2D eigenvalue weighted by molar-refractivity contribution is -0.121. The number of nitrogens with one attached hydrogen (secondary N) is 1. The number of hydrogen-bond donors (Lipinski definition) is 1. The topological polar surface area (TPSA) is 75.7 Å². The molecule has 1 atom stereocenters. The van der Waals surface area contributed by atoms with Crippen molar-refractivity contribution in [1.29, 1.82) is 0 Å². The van der Waals surface area contributed by atoms with Gasteiger partial charge in [-0.05, 0) is 35.7 Å². The maximum Gasteiger partial charge on any atom is 0.337 e. The molecule has 2 aromatic rings. The molecule has 1 aromatic heterocycles. The Labute approximate surface area is 143 Å². The highest BCUT2D eigenvalue weighted by atomic mass is 32.1. The summed E-state index contributed by atoms with van der Waals surface area (Å²) >= 11 is 1.60. The lowest BCUT2D eigenvalue weighted by atomic mass is 10.2. The number of nitrogens with zero attached hydrogens (tertiary/aromatic N) is 1.